The Morgan fingerprint density at radius 2 is 2.24 bits per heavy atom. The molecule has 0 saturated heterocycles. The van der Waals surface area contributed by atoms with Gasteiger partial charge in [-0.15, -0.1) is 0 Å². The van der Waals surface area contributed by atoms with Crippen LogP contribution >= 0.6 is 0 Å². The Balaban J connectivity index is 2.70. The summed E-state index contributed by atoms with van der Waals surface area (Å²) in [4.78, 5) is 20.7. The topological polar surface area (TPSA) is 128 Å². The van der Waals surface area contributed by atoms with Crippen LogP contribution in [0.5, 0.6) is 0 Å². The third-order valence-corrected chi connectivity index (χ3v) is 2.09. The maximum absolute atomic E-state index is 10.8. The van der Waals surface area contributed by atoms with Crippen LogP contribution in [0.1, 0.15) is 5.69 Å². The third-order valence-electron chi connectivity index (χ3n) is 2.09. The lowest BCUT2D eigenvalue weighted by atomic mass is 10.4. The molecule has 1 aromatic heterocycles. The van der Waals surface area contributed by atoms with Gasteiger partial charge in [-0.05, 0) is 6.92 Å². The molecule has 0 aliphatic heterocycles. The van der Waals surface area contributed by atoms with Gasteiger partial charge in [0.15, 0.2) is 0 Å². The van der Waals surface area contributed by atoms with Gasteiger partial charge >= 0.3 is 11.7 Å². The van der Waals surface area contributed by atoms with E-state index < -0.39 is 11.0 Å². The molecule has 0 aromatic carbocycles. The number of urea groups is 1. The standard InChI is InChI=1S/C8H14N6O3/c1-5-6(14(16)17)7(13(2)12-5)10-3-4-11-8(9)15/h10H,3-4H2,1-2H3,(H3,9,11,15). The molecule has 1 aromatic rings. The van der Waals surface area contributed by atoms with Gasteiger partial charge in [0, 0.05) is 20.1 Å². The van der Waals surface area contributed by atoms with Crippen molar-refractivity contribution in [3.8, 4) is 0 Å². The highest BCUT2D eigenvalue weighted by atomic mass is 16.6. The number of nitrogens with zero attached hydrogens (tertiary/aromatic N) is 3. The zero-order chi connectivity index (χ0) is 13.0. The second-order valence-corrected chi connectivity index (χ2v) is 3.38. The Kier molecular flexibility index (Phi) is 3.86. The van der Waals surface area contributed by atoms with E-state index in [1.807, 2.05) is 0 Å². The Morgan fingerprint density at radius 3 is 2.76 bits per heavy atom. The molecule has 0 bridgehead atoms. The van der Waals surface area contributed by atoms with Crippen molar-refractivity contribution >= 4 is 17.5 Å². The SMILES string of the molecule is Cc1nn(C)c(NCCNC(N)=O)c1[N+](=O)[O-]. The van der Waals surface area contributed by atoms with E-state index in [1.165, 1.54) is 4.68 Å². The maximum Gasteiger partial charge on any atom is 0.333 e. The number of hydrogen-bond donors (Lipinski definition) is 3. The largest absolute Gasteiger partial charge is 0.363 e. The fourth-order valence-electron chi connectivity index (χ4n) is 1.43. The molecule has 2 amide bonds. The first-order chi connectivity index (χ1) is 7.93. The second kappa shape index (κ2) is 5.14. The minimum atomic E-state index is -0.637. The summed E-state index contributed by atoms with van der Waals surface area (Å²) in [6.07, 6.45) is 0. The summed E-state index contributed by atoms with van der Waals surface area (Å²) in [5, 5.41) is 20.0. The number of hydrogen-bond acceptors (Lipinski definition) is 5. The van der Waals surface area contributed by atoms with Crippen molar-refractivity contribution in [1.29, 1.82) is 0 Å². The van der Waals surface area contributed by atoms with E-state index >= 15 is 0 Å². The minimum Gasteiger partial charge on any atom is -0.363 e. The summed E-state index contributed by atoms with van der Waals surface area (Å²) in [5.74, 6) is 0.304. The molecule has 4 N–H and O–H groups in total. The number of nitrogens with two attached hydrogens (primary N) is 1. The van der Waals surface area contributed by atoms with Crippen LogP contribution in [-0.4, -0.2) is 33.8 Å². The van der Waals surface area contributed by atoms with Gasteiger partial charge in [0.1, 0.15) is 5.69 Å². The third kappa shape index (κ3) is 3.06. The Labute approximate surface area is 97.1 Å². The molecule has 0 aliphatic carbocycles. The number of carbonyl (C=O) groups excluding carboxylic acids is 1. The first-order valence-electron chi connectivity index (χ1n) is 4.88. The van der Waals surface area contributed by atoms with Crippen LogP contribution in [0, 0.1) is 17.0 Å². The van der Waals surface area contributed by atoms with Gasteiger partial charge in [0.05, 0.1) is 4.92 Å². The molecule has 1 rings (SSSR count). The molecule has 0 aliphatic rings. The summed E-state index contributed by atoms with van der Waals surface area (Å²) in [7, 11) is 1.60. The van der Waals surface area contributed by atoms with Gasteiger partial charge in [-0.3, -0.25) is 10.1 Å². The summed E-state index contributed by atoms with van der Waals surface area (Å²) < 4.78 is 1.39. The predicted octanol–water partition coefficient (Wildman–Crippen LogP) is -0.283. The first-order valence-corrected chi connectivity index (χ1v) is 4.88. The van der Waals surface area contributed by atoms with Crippen LogP contribution in [0.2, 0.25) is 0 Å². The molecule has 17 heavy (non-hydrogen) atoms. The molecule has 0 atom stereocenters. The van der Waals surface area contributed by atoms with Crippen LogP contribution in [0.25, 0.3) is 0 Å². The average molecular weight is 242 g/mol. The van der Waals surface area contributed by atoms with Gasteiger partial charge < -0.3 is 16.4 Å². The zero-order valence-corrected chi connectivity index (χ0v) is 9.56. The number of carbonyl (C=O) groups is 1. The Morgan fingerprint density at radius 1 is 1.59 bits per heavy atom. The summed E-state index contributed by atoms with van der Waals surface area (Å²) in [6, 6.07) is -0.637. The molecular weight excluding hydrogens is 228 g/mol. The lowest BCUT2D eigenvalue weighted by Crippen LogP contribution is -2.33. The summed E-state index contributed by atoms with van der Waals surface area (Å²) in [5.41, 5.74) is 5.15. The molecule has 0 unspecified atom stereocenters. The fraction of sp³-hybridized carbons (Fsp3) is 0.500. The molecule has 0 spiro atoms. The van der Waals surface area contributed by atoms with Crippen LogP contribution in [0.3, 0.4) is 0 Å². The first kappa shape index (κ1) is 12.7. The molecule has 1 heterocycles. The van der Waals surface area contributed by atoms with E-state index in [1.54, 1.807) is 14.0 Å². The van der Waals surface area contributed by atoms with Gasteiger partial charge in [0.2, 0.25) is 5.82 Å². The van der Waals surface area contributed by atoms with Crippen molar-refractivity contribution in [3.63, 3.8) is 0 Å². The van der Waals surface area contributed by atoms with E-state index in [9.17, 15) is 14.9 Å². The molecule has 9 heteroatoms. The smallest absolute Gasteiger partial charge is 0.333 e. The quantitative estimate of drug-likeness (QED) is 0.371. The molecule has 0 radical (unpaired) electrons. The Bertz CT molecular complexity index is 441. The van der Waals surface area contributed by atoms with Crippen LogP contribution < -0.4 is 16.4 Å². The van der Waals surface area contributed by atoms with Crippen molar-refractivity contribution in [2.24, 2.45) is 12.8 Å². The van der Waals surface area contributed by atoms with Gasteiger partial charge in [-0.2, -0.15) is 5.10 Å². The molecule has 9 nitrogen and oxygen atoms in total. The average Bonchev–Trinajstić information content (AvgIpc) is 2.48. The number of anilines is 1. The second-order valence-electron chi connectivity index (χ2n) is 3.38. The number of rotatable bonds is 5. The van der Waals surface area contributed by atoms with Crippen LogP contribution in [-0.2, 0) is 7.05 Å². The van der Waals surface area contributed by atoms with Crippen molar-refractivity contribution in [2.75, 3.05) is 18.4 Å². The number of aryl methyl sites for hydroxylation is 2. The predicted molar refractivity (Wildman–Crippen MR) is 60.7 cm³/mol. The highest BCUT2D eigenvalue weighted by Gasteiger charge is 2.23. The molecule has 94 valence electrons. The van der Waals surface area contributed by atoms with E-state index in [-0.39, 0.29) is 12.2 Å². The van der Waals surface area contributed by atoms with Crippen molar-refractivity contribution in [2.45, 2.75) is 6.92 Å². The minimum absolute atomic E-state index is 0.0634. The molecule has 0 saturated carbocycles. The molecular formula is C8H14N6O3. The van der Waals surface area contributed by atoms with Gasteiger partial charge in [-0.25, -0.2) is 9.48 Å². The lowest BCUT2D eigenvalue weighted by molar-refractivity contribution is -0.384. The zero-order valence-electron chi connectivity index (χ0n) is 9.56. The highest BCUT2D eigenvalue weighted by molar-refractivity contribution is 5.71. The van der Waals surface area contributed by atoms with Crippen LogP contribution in [0.15, 0.2) is 0 Å². The number of nitro groups is 1. The monoisotopic (exact) mass is 242 g/mol. The van der Waals surface area contributed by atoms with Gasteiger partial charge in [-0.1, -0.05) is 0 Å². The number of aromatic nitrogens is 2. The lowest BCUT2D eigenvalue weighted by Gasteiger charge is -2.06. The fourth-order valence-corrected chi connectivity index (χ4v) is 1.43. The summed E-state index contributed by atoms with van der Waals surface area (Å²) in [6.45, 7) is 2.16. The van der Waals surface area contributed by atoms with Crippen molar-refractivity contribution < 1.29 is 9.72 Å². The van der Waals surface area contributed by atoms with Crippen molar-refractivity contribution in [3.05, 3.63) is 15.8 Å². The number of primary amides is 1. The Hall–Kier alpha value is -2.32. The van der Waals surface area contributed by atoms with E-state index in [4.69, 9.17) is 5.73 Å². The summed E-state index contributed by atoms with van der Waals surface area (Å²) >= 11 is 0. The van der Waals surface area contributed by atoms with E-state index in [2.05, 4.69) is 15.7 Å². The normalized spacial score (nSPS) is 10.0. The highest BCUT2D eigenvalue weighted by Crippen LogP contribution is 2.26. The van der Waals surface area contributed by atoms with E-state index in [0.717, 1.165) is 0 Å². The maximum atomic E-state index is 10.8. The number of amides is 2. The van der Waals surface area contributed by atoms with Crippen molar-refractivity contribution in [1.82, 2.24) is 15.1 Å². The van der Waals surface area contributed by atoms with Crippen LogP contribution in [0.4, 0.5) is 16.3 Å². The van der Waals surface area contributed by atoms with Gasteiger partial charge in [0.25, 0.3) is 0 Å². The number of nitrogens with one attached hydrogen (secondary N) is 2. The molecule has 0 fully saturated rings. The van der Waals surface area contributed by atoms with E-state index in [0.29, 0.717) is 18.1 Å².